The Morgan fingerprint density at radius 3 is 2.95 bits per heavy atom. The fourth-order valence-electron chi connectivity index (χ4n) is 2.41. The monoisotopic (exact) mass is 334 g/mol. The van der Waals surface area contributed by atoms with Gasteiger partial charge in [-0.05, 0) is 38.0 Å². The fraction of sp³-hybridized carbons (Fsp3) is 0.400. The summed E-state index contributed by atoms with van der Waals surface area (Å²) < 4.78 is 0.890. The molecule has 1 heterocycles. The lowest BCUT2D eigenvalue weighted by atomic mass is 9.87. The minimum absolute atomic E-state index is 0.193. The first kappa shape index (κ1) is 14.7. The Labute approximate surface area is 126 Å². The largest absolute Gasteiger partial charge is 0.312 e. The second-order valence-corrected chi connectivity index (χ2v) is 5.83. The zero-order chi connectivity index (χ0) is 14.7. The van der Waals surface area contributed by atoms with Crippen LogP contribution in [-0.4, -0.2) is 18.2 Å². The molecule has 1 saturated heterocycles. The first-order valence-electron chi connectivity index (χ1n) is 6.55. The number of carbonyl (C=O) groups excluding carboxylic acids is 2. The lowest BCUT2D eigenvalue weighted by Gasteiger charge is -2.32. The van der Waals surface area contributed by atoms with E-state index >= 15 is 0 Å². The SMILES string of the molecule is C[C@@H](C#N)C(=O)[C@H]1CCCN(c2cccc(Br)c2)C1=O. The van der Waals surface area contributed by atoms with Crippen LogP contribution < -0.4 is 4.90 Å². The second-order valence-electron chi connectivity index (χ2n) is 4.92. The standard InChI is InChI=1S/C15H15BrN2O2/c1-10(9-17)14(19)13-6-3-7-18(15(13)20)12-5-2-4-11(16)8-12/h2,4-5,8,10,13H,3,6-7H2,1H3/t10-,13+/m0/s1. The Balaban J connectivity index is 2.23. The zero-order valence-electron chi connectivity index (χ0n) is 11.2. The maximum absolute atomic E-state index is 12.5. The van der Waals surface area contributed by atoms with E-state index < -0.39 is 11.8 Å². The summed E-state index contributed by atoms with van der Waals surface area (Å²) in [7, 11) is 0. The van der Waals surface area contributed by atoms with E-state index in [1.165, 1.54) is 0 Å². The summed E-state index contributed by atoms with van der Waals surface area (Å²) in [5.41, 5.74) is 0.784. The molecule has 1 aliphatic rings. The molecule has 4 nitrogen and oxygen atoms in total. The van der Waals surface area contributed by atoms with Gasteiger partial charge < -0.3 is 4.90 Å². The highest BCUT2D eigenvalue weighted by molar-refractivity contribution is 9.10. The van der Waals surface area contributed by atoms with E-state index in [0.29, 0.717) is 13.0 Å². The molecule has 1 aliphatic heterocycles. The number of nitriles is 1. The summed E-state index contributed by atoms with van der Waals surface area (Å²) in [6.45, 7) is 2.16. The van der Waals surface area contributed by atoms with Gasteiger partial charge in [0.1, 0.15) is 5.92 Å². The highest BCUT2D eigenvalue weighted by atomic mass is 79.9. The Morgan fingerprint density at radius 1 is 1.55 bits per heavy atom. The summed E-state index contributed by atoms with van der Waals surface area (Å²) in [5.74, 6) is -1.87. The van der Waals surface area contributed by atoms with Gasteiger partial charge in [-0.2, -0.15) is 5.26 Å². The molecule has 0 N–H and O–H groups in total. The molecule has 20 heavy (non-hydrogen) atoms. The number of halogens is 1. The van der Waals surface area contributed by atoms with Gasteiger partial charge >= 0.3 is 0 Å². The third-order valence-corrected chi connectivity index (χ3v) is 4.02. The number of anilines is 1. The van der Waals surface area contributed by atoms with Crippen molar-refractivity contribution in [2.24, 2.45) is 11.8 Å². The molecular weight excluding hydrogens is 320 g/mol. The van der Waals surface area contributed by atoms with Crippen LogP contribution in [0.25, 0.3) is 0 Å². The number of Topliss-reactive ketones (excluding diaryl/α,β-unsaturated/α-hetero) is 1. The van der Waals surface area contributed by atoms with Gasteiger partial charge in [0.05, 0.1) is 12.0 Å². The van der Waals surface area contributed by atoms with Crippen molar-refractivity contribution in [3.8, 4) is 6.07 Å². The molecule has 0 radical (unpaired) electrons. The van der Waals surface area contributed by atoms with Crippen LogP contribution in [0.15, 0.2) is 28.7 Å². The van der Waals surface area contributed by atoms with E-state index in [0.717, 1.165) is 16.6 Å². The van der Waals surface area contributed by atoms with Crippen molar-refractivity contribution in [3.63, 3.8) is 0 Å². The van der Waals surface area contributed by atoms with Crippen molar-refractivity contribution >= 4 is 33.3 Å². The maximum Gasteiger partial charge on any atom is 0.237 e. The average Bonchev–Trinajstić information content (AvgIpc) is 2.46. The molecule has 0 spiro atoms. The van der Waals surface area contributed by atoms with Crippen LogP contribution in [0.4, 0.5) is 5.69 Å². The molecule has 1 amide bonds. The first-order valence-corrected chi connectivity index (χ1v) is 7.34. The normalized spacial score (nSPS) is 20.4. The summed E-state index contributed by atoms with van der Waals surface area (Å²) in [5, 5.41) is 8.84. The number of rotatable bonds is 3. The topological polar surface area (TPSA) is 61.2 Å². The van der Waals surface area contributed by atoms with Crippen LogP contribution in [-0.2, 0) is 9.59 Å². The van der Waals surface area contributed by atoms with Gasteiger partial charge in [-0.25, -0.2) is 0 Å². The number of piperidine rings is 1. The number of amides is 1. The minimum atomic E-state index is -0.730. The number of ketones is 1. The molecule has 0 aromatic heterocycles. The van der Waals surface area contributed by atoms with Crippen LogP contribution >= 0.6 is 15.9 Å². The van der Waals surface area contributed by atoms with Gasteiger partial charge in [0.2, 0.25) is 5.91 Å². The Bertz CT molecular complexity index is 579. The van der Waals surface area contributed by atoms with Gasteiger partial charge in [0, 0.05) is 16.7 Å². The molecule has 1 fully saturated rings. The fourth-order valence-corrected chi connectivity index (χ4v) is 2.79. The maximum atomic E-state index is 12.5. The molecular formula is C15H15BrN2O2. The Hall–Kier alpha value is -1.67. The minimum Gasteiger partial charge on any atom is -0.312 e. The van der Waals surface area contributed by atoms with E-state index in [4.69, 9.17) is 5.26 Å². The molecule has 104 valence electrons. The molecule has 1 aromatic rings. The van der Waals surface area contributed by atoms with Crippen molar-refractivity contribution in [1.29, 1.82) is 5.26 Å². The van der Waals surface area contributed by atoms with Crippen molar-refractivity contribution < 1.29 is 9.59 Å². The second kappa shape index (κ2) is 6.19. The van der Waals surface area contributed by atoms with E-state index in [1.54, 1.807) is 11.8 Å². The molecule has 0 unspecified atom stereocenters. The van der Waals surface area contributed by atoms with Crippen LogP contribution in [0.3, 0.4) is 0 Å². The van der Waals surface area contributed by atoms with Gasteiger partial charge in [-0.3, -0.25) is 9.59 Å². The van der Waals surface area contributed by atoms with Crippen LogP contribution in [0, 0.1) is 23.2 Å². The predicted molar refractivity (Wildman–Crippen MR) is 79.0 cm³/mol. The number of hydrogen-bond donors (Lipinski definition) is 0. The molecule has 2 rings (SSSR count). The van der Waals surface area contributed by atoms with Crippen molar-refractivity contribution in [3.05, 3.63) is 28.7 Å². The molecule has 5 heteroatoms. The zero-order valence-corrected chi connectivity index (χ0v) is 12.8. The number of benzene rings is 1. The van der Waals surface area contributed by atoms with E-state index in [-0.39, 0.29) is 11.7 Å². The highest BCUT2D eigenvalue weighted by Crippen LogP contribution is 2.28. The van der Waals surface area contributed by atoms with Crippen molar-refractivity contribution in [1.82, 2.24) is 0 Å². The van der Waals surface area contributed by atoms with E-state index in [9.17, 15) is 9.59 Å². The van der Waals surface area contributed by atoms with E-state index in [1.807, 2.05) is 30.3 Å². The average molecular weight is 335 g/mol. The Morgan fingerprint density at radius 2 is 2.30 bits per heavy atom. The number of nitrogens with zero attached hydrogens (tertiary/aromatic N) is 2. The van der Waals surface area contributed by atoms with Crippen molar-refractivity contribution in [2.45, 2.75) is 19.8 Å². The molecule has 2 atom stereocenters. The van der Waals surface area contributed by atoms with Crippen LogP contribution in [0.2, 0.25) is 0 Å². The first-order chi connectivity index (χ1) is 9.54. The quantitative estimate of drug-likeness (QED) is 0.798. The van der Waals surface area contributed by atoms with Gasteiger partial charge in [-0.1, -0.05) is 22.0 Å². The predicted octanol–water partition coefficient (Wildman–Crippen LogP) is 2.92. The smallest absolute Gasteiger partial charge is 0.237 e. The number of hydrogen-bond acceptors (Lipinski definition) is 3. The van der Waals surface area contributed by atoms with Gasteiger partial charge in [0.15, 0.2) is 5.78 Å². The summed E-state index contributed by atoms with van der Waals surface area (Å²) in [4.78, 5) is 26.2. The molecule has 0 saturated carbocycles. The third kappa shape index (κ3) is 2.91. The summed E-state index contributed by atoms with van der Waals surface area (Å²) in [6, 6.07) is 9.37. The van der Waals surface area contributed by atoms with Gasteiger partial charge in [0.25, 0.3) is 0 Å². The third-order valence-electron chi connectivity index (χ3n) is 3.52. The van der Waals surface area contributed by atoms with Gasteiger partial charge in [-0.15, -0.1) is 0 Å². The molecule has 1 aromatic carbocycles. The Kier molecular flexibility index (Phi) is 4.56. The molecule has 0 aliphatic carbocycles. The van der Waals surface area contributed by atoms with Crippen LogP contribution in [0.5, 0.6) is 0 Å². The van der Waals surface area contributed by atoms with E-state index in [2.05, 4.69) is 15.9 Å². The molecule has 0 bridgehead atoms. The summed E-state index contributed by atoms with van der Waals surface area (Å²) in [6.07, 6.45) is 1.31. The number of carbonyl (C=O) groups is 2. The lowest BCUT2D eigenvalue weighted by Crippen LogP contribution is -2.45. The lowest BCUT2D eigenvalue weighted by molar-refractivity contribution is -0.135. The summed E-state index contributed by atoms with van der Waals surface area (Å²) >= 11 is 3.38. The highest BCUT2D eigenvalue weighted by Gasteiger charge is 2.36. The van der Waals surface area contributed by atoms with Crippen LogP contribution in [0.1, 0.15) is 19.8 Å². The van der Waals surface area contributed by atoms with Crippen molar-refractivity contribution in [2.75, 3.05) is 11.4 Å².